The Morgan fingerprint density at radius 2 is 1.84 bits per heavy atom. The number of nitrogen functional groups attached to an aromatic ring is 1. The molecule has 0 amide bonds. The Morgan fingerprint density at radius 1 is 1.06 bits per heavy atom. The van der Waals surface area contributed by atoms with Crippen molar-refractivity contribution in [2.24, 2.45) is 0 Å². The summed E-state index contributed by atoms with van der Waals surface area (Å²) in [6, 6.07) is 12.5. The maximum atomic E-state index is 13.0. The zero-order valence-electron chi connectivity index (χ0n) is 17.0. The highest BCUT2D eigenvalue weighted by Gasteiger charge is 2.30. The molecule has 9 heteroatoms. The van der Waals surface area contributed by atoms with E-state index in [4.69, 9.17) is 5.73 Å². The van der Waals surface area contributed by atoms with Crippen molar-refractivity contribution in [3.63, 3.8) is 0 Å². The Kier molecular flexibility index (Phi) is 5.26. The van der Waals surface area contributed by atoms with E-state index in [0.717, 1.165) is 17.7 Å². The van der Waals surface area contributed by atoms with Crippen molar-refractivity contribution in [1.82, 2.24) is 19.5 Å². The number of rotatable bonds is 5. The Morgan fingerprint density at radius 3 is 2.55 bits per heavy atom. The Bertz CT molecular complexity index is 1230. The lowest BCUT2D eigenvalue weighted by Gasteiger charge is -2.12. The third kappa shape index (κ3) is 4.30. The van der Waals surface area contributed by atoms with E-state index in [1.807, 2.05) is 30.5 Å². The summed E-state index contributed by atoms with van der Waals surface area (Å²) in [6.07, 6.45) is -2.71. The average molecular weight is 426 g/mol. The summed E-state index contributed by atoms with van der Waals surface area (Å²) in [6.45, 7) is 4.18. The van der Waals surface area contributed by atoms with Gasteiger partial charge in [0.25, 0.3) is 0 Å². The van der Waals surface area contributed by atoms with Gasteiger partial charge in [-0.05, 0) is 43.7 Å². The summed E-state index contributed by atoms with van der Waals surface area (Å²) in [4.78, 5) is 13.7. The molecule has 2 heterocycles. The molecule has 0 aliphatic carbocycles. The first kappa shape index (κ1) is 20.6. The topological polar surface area (TPSA) is 81.7 Å². The van der Waals surface area contributed by atoms with Crippen molar-refractivity contribution in [2.75, 3.05) is 11.1 Å². The SMILES string of the molecule is CC(C)n1cnc2c(NCc3cccc(C(F)(F)F)c3)nc(-c3cccc(N)c3)nc21. The van der Waals surface area contributed by atoms with Gasteiger partial charge < -0.3 is 15.6 Å². The normalized spacial score (nSPS) is 11.9. The molecule has 2 aromatic carbocycles. The van der Waals surface area contributed by atoms with Crippen LogP contribution in [0.4, 0.5) is 24.7 Å². The molecule has 160 valence electrons. The van der Waals surface area contributed by atoms with Gasteiger partial charge in [0.05, 0.1) is 11.9 Å². The van der Waals surface area contributed by atoms with Crippen LogP contribution in [-0.2, 0) is 12.7 Å². The van der Waals surface area contributed by atoms with Crippen molar-refractivity contribution in [2.45, 2.75) is 32.6 Å². The number of hydrogen-bond acceptors (Lipinski definition) is 5. The molecular weight excluding hydrogens is 405 g/mol. The van der Waals surface area contributed by atoms with E-state index in [1.165, 1.54) is 6.07 Å². The zero-order chi connectivity index (χ0) is 22.2. The van der Waals surface area contributed by atoms with E-state index in [-0.39, 0.29) is 12.6 Å². The van der Waals surface area contributed by atoms with E-state index >= 15 is 0 Å². The van der Waals surface area contributed by atoms with E-state index < -0.39 is 11.7 Å². The van der Waals surface area contributed by atoms with Crippen molar-refractivity contribution < 1.29 is 13.2 Å². The molecule has 0 radical (unpaired) electrons. The Labute approximate surface area is 177 Å². The van der Waals surface area contributed by atoms with Crippen molar-refractivity contribution >= 4 is 22.7 Å². The predicted octanol–water partition coefficient (Wildman–Crippen LogP) is 5.29. The van der Waals surface area contributed by atoms with Crippen LogP contribution in [0.5, 0.6) is 0 Å². The summed E-state index contributed by atoms with van der Waals surface area (Å²) >= 11 is 0. The molecule has 0 saturated heterocycles. The molecule has 4 aromatic rings. The number of nitrogens with one attached hydrogen (secondary N) is 1. The lowest BCUT2D eigenvalue weighted by Crippen LogP contribution is -2.08. The molecule has 2 aromatic heterocycles. The number of anilines is 2. The number of hydrogen-bond donors (Lipinski definition) is 2. The summed E-state index contributed by atoms with van der Waals surface area (Å²) in [5, 5.41) is 3.13. The minimum atomic E-state index is -4.39. The van der Waals surface area contributed by atoms with Crippen molar-refractivity contribution in [3.05, 3.63) is 66.0 Å². The molecule has 0 saturated carbocycles. The molecule has 6 nitrogen and oxygen atoms in total. The highest BCUT2D eigenvalue weighted by Crippen LogP contribution is 2.30. The van der Waals surface area contributed by atoms with Crippen molar-refractivity contribution in [1.29, 1.82) is 0 Å². The Balaban J connectivity index is 1.74. The van der Waals surface area contributed by atoms with Gasteiger partial charge in [0.1, 0.15) is 5.52 Å². The van der Waals surface area contributed by atoms with Crippen LogP contribution < -0.4 is 11.1 Å². The molecule has 0 unspecified atom stereocenters. The highest BCUT2D eigenvalue weighted by molar-refractivity contribution is 5.85. The fourth-order valence-corrected chi connectivity index (χ4v) is 3.27. The van der Waals surface area contributed by atoms with Crippen LogP contribution in [0.1, 0.15) is 31.0 Å². The second kappa shape index (κ2) is 7.90. The first-order valence-electron chi connectivity index (χ1n) is 9.73. The van der Waals surface area contributed by atoms with Crippen LogP contribution in [0.3, 0.4) is 0 Å². The van der Waals surface area contributed by atoms with Gasteiger partial charge in [-0.15, -0.1) is 0 Å². The lowest BCUT2D eigenvalue weighted by molar-refractivity contribution is -0.137. The third-order valence-electron chi connectivity index (χ3n) is 4.84. The quantitative estimate of drug-likeness (QED) is 0.424. The number of benzene rings is 2. The lowest BCUT2D eigenvalue weighted by atomic mass is 10.1. The van der Waals surface area contributed by atoms with Gasteiger partial charge >= 0.3 is 6.18 Å². The number of imidazole rings is 1. The van der Waals surface area contributed by atoms with E-state index in [2.05, 4.69) is 20.3 Å². The molecule has 4 rings (SSSR count). The number of halogens is 3. The zero-order valence-corrected chi connectivity index (χ0v) is 17.0. The van der Waals surface area contributed by atoms with E-state index in [1.54, 1.807) is 24.5 Å². The maximum Gasteiger partial charge on any atom is 0.416 e. The molecule has 0 atom stereocenters. The second-order valence-electron chi connectivity index (χ2n) is 7.49. The number of alkyl halides is 3. The molecule has 0 aliphatic heterocycles. The molecule has 0 fully saturated rings. The largest absolute Gasteiger partial charge is 0.416 e. The Hall–Kier alpha value is -3.62. The number of fused-ring (bicyclic) bond motifs is 1. The molecule has 0 spiro atoms. The van der Waals surface area contributed by atoms with Crippen LogP contribution in [0.2, 0.25) is 0 Å². The monoisotopic (exact) mass is 426 g/mol. The van der Waals surface area contributed by atoms with Gasteiger partial charge in [-0.25, -0.2) is 15.0 Å². The molecule has 0 aliphatic rings. The number of nitrogens with zero attached hydrogens (tertiary/aromatic N) is 4. The minimum Gasteiger partial charge on any atom is -0.399 e. The van der Waals surface area contributed by atoms with Gasteiger partial charge in [-0.3, -0.25) is 0 Å². The van der Waals surface area contributed by atoms with Crippen LogP contribution >= 0.6 is 0 Å². The van der Waals surface area contributed by atoms with Gasteiger partial charge in [0, 0.05) is 23.8 Å². The van der Waals surface area contributed by atoms with Gasteiger partial charge in [-0.2, -0.15) is 13.2 Å². The second-order valence-corrected chi connectivity index (χ2v) is 7.49. The highest BCUT2D eigenvalue weighted by atomic mass is 19.4. The van der Waals surface area contributed by atoms with Crippen LogP contribution in [0, 0.1) is 0 Å². The first-order valence-corrected chi connectivity index (χ1v) is 9.73. The summed E-state index contributed by atoms with van der Waals surface area (Å²) in [5.41, 5.74) is 8.20. The van der Waals surface area contributed by atoms with Gasteiger partial charge in [0.2, 0.25) is 0 Å². The van der Waals surface area contributed by atoms with Gasteiger partial charge in [0.15, 0.2) is 17.3 Å². The fraction of sp³-hybridized carbons (Fsp3) is 0.227. The summed E-state index contributed by atoms with van der Waals surface area (Å²) < 4.78 is 41.0. The van der Waals surface area contributed by atoms with Crippen molar-refractivity contribution in [3.8, 4) is 11.4 Å². The van der Waals surface area contributed by atoms with E-state index in [9.17, 15) is 13.2 Å². The predicted molar refractivity (Wildman–Crippen MR) is 114 cm³/mol. The maximum absolute atomic E-state index is 13.0. The van der Waals surface area contributed by atoms with Crippen LogP contribution in [-0.4, -0.2) is 19.5 Å². The van der Waals surface area contributed by atoms with E-state index in [0.29, 0.717) is 34.1 Å². The summed E-state index contributed by atoms with van der Waals surface area (Å²) in [5.74, 6) is 0.896. The standard InChI is InChI=1S/C22H21F3N6/c1-13(2)31-12-28-18-20(27-11-14-5-3-7-16(9-14)22(23,24)25)29-19(30-21(18)31)15-6-4-8-17(26)10-15/h3-10,12-13H,11,26H2,1-2H3,(H,27,29,30). The molecular formula is C22H21F3N6. The minimum absolute atomic E-state index is 0.116. The third-order valence-corrected chi connectivity index (χ3v) is 4.84. The molecule has 3 N–H and O–H groups in total. The number of aromatic nitrogens is 4. The smallest absolute Gasteiger partial charge is 0.399 e. The van der Waals surface area contributed by atoms with Crippen LogP contribution in [0.25, 0.3) is 22.6 Å². The van der Waals surface area contributed by atoms with Gasteiger partial charge in [-0.1, -0.05) is 24.3 Å². The van der Waals surface area contributed by atoms with Crippen LogP contribution in [0.15, 0.2) is 54.9 Å². The average Bonchev–Trinajstić information content (AvgIpc) is 3.16. The summed E-state index contributed by atoms with van der Waals surface area (Å²) in [7, 11) is 0. The first-order chi connectivity index (χ1) is 14.7. The number of nitrogens with two attached hydrogens (primary N) is 1. The fourth-order valence-electron chi connectivity index (χ4n) is 3.27. The molecule has 0 bridgehead atoms. The molecule has 31 heavy (non-hydrogen) atoms.